The van der Waals surface area contributed by atoms with Crippen LogP contribution in [-0.2, 0) is 16.6 Å². The highest BCUT2D eigenvalue weighted by molar-refractivity contribution is 7.89. The Balaban J connectivity index is 1.97. The highest BCUT2D eigenvalue weighted by Gasteiger charge is 2.20. The van der Waals surface area contributed by atoms with Gasteiger partial charge in [0.15, 0.2) is 4.80 Å². The molecule has 6 nitrogen and oxygen atoms in total. The van der Waals surface area contributed by atoms with Gasteiger partial charge in [-0.3, -0.25) is 4.79 Å². The third-order valence-corrected chi connectivity index (χ3v) is 8.24. The minimum absolute atomic E-state index is 0.137. The first-order chi connectivity index (χ1) is 15.2. The Morgan fingerprint density at radius 2 is 1.94 bits per heavy atom. The van der Waals surface area contributed by atoms with Gasteiger partial charge in [-0.15, -0.1) is 6.58 Å². The monoisotopic (exact) mass is 511 g/mol. The molecule has 3 rings (SSSR count). The van der Waals surface area contributed by atoms with Crippen molar-refractivity contribution in [1.29, 1.82) is 0 Å². The number of benzene rings is 2. The van der Waals surface area contributed by atoms with Gasteiger partial charge in [-0.1, -0.05) is 54.0 Å². The van der Waals surface area contributed by atoms with Crippen LogP contribution in [0.2, 0.25) is 10.0 Å². The van der Waals surface area contributed by atoms with E-state index in [1.54, 1.807) is 29.8 Å². The standard InChI is InChI=1S/C22H23Cl2N3O3S2/c1-4-6-12-26(3)32(29,30)17-9-7-15(8-10-17)21(28)25-22-27(11-5-2)20-18(24)13-16(23)14-19(20)31-22/h5,7-10,13-14H,2,4,6,11-12H2,1,3H3. The molecule has 1 aromatic heterocycles. The third-order valence-electron chi connectivity index (χ3n) is 4.84. The molecule has 0 atom stereocenters. The Kier molecular flexibility index (Phi) is 7.95. The van der Waals surface area contributed by atoms with Crippen molar-refractivity contribution in [3.05, 3.63) is 69.5 Å². The number of carbonyl (C=O) groups excluding carboxylic acids is 1. The van der Waals surface area contributed by atoms with Crippen LogP contribution in [-0.4, -0.2) is 36.8 Å². The molecule has 0 saturated heterocycles. The number of nitrogens with zero attached hydrogens (tertiary/aromatic N) is 3. The number of thiazole rings is 1. The average Bonchev–Trinajstić information content (AvgIpc) is 3.09. The molecule has 170 valence electrons. The summed E-state index contributed by atoms with van der Waals surface area (Å²) in [6, 6.07) is 9.22. The van der Waals surface area contributed by atoms with E-state index in [4.69, 9.17) is 23.2 Å². The van der Waals surface area contributed by atoms with Crippen LogP contribution in [0.4, 0.5) is 0 Å². The van der Waals surface area contributed by atoms with Crippen LogP contribution in [0.15, 0.2) is 58.9 Å². The van der Waals surface area contributed by atoms with Crippen molar-refractivity contribution in [2.24, 2.45) is 4.99 Å². The first-order valence-corrected chi connectivity index (χ1v) is 12.9. The molecule has 32 heavy (non-hydrogen) atoms. The summed E-state index contributed by atoms with van der Waals surface area (Å²) in [6.07, 6.45) is 3.37. The summed E-state index contributed by atoms with van der Waals surface area (Å²) in [6.45, 7) is 6.62. The minimum atomic E-state index is -3.60. The van der Waals surface area contributed by atoms with Gasteiger partial charge in [0.05, 0.1) is 20.1 Å². The lowest BCUT2D eigenvalue weighted by molar-refractivity contribution is 0.0998. The second-order valence-electron chi connectivity index (χ2n) is 7.14. The third kappa shape index (κ3) is 5.15. The van der Waals surface area contributed by atoms with E-state index < -0.39 is 15.9 Å². The van der Waals surface area contributed by atoms with Crippen molar-refractivity contribution in [3.8, 4) is 0 Å². The zero-order valence-corrected chi connectivity index (χ0v) is 20.9. The highest BCUT2D eigenvalue weighted by atomic mass is 35.5. The van der Waals surface area contributed by atoms with E-state index in [9.17, 15) is 13.2 Å². The minimum Gasteiger partial charge on any atom is -0.311 e. The molecule has 0 aliphatic carbocycles. The van der Waals surface area contributed by atoms with E-state index in [0.717, 1.165) is 23.1 Å². The summed E-state index contributed by atoms with van der Waals surface area (Å²) in [5.74, 6) is -0.486. The lowest BCUT2D eigenvalue weighted by Crippen LogP contribution is -2.27. The van der Waals surface area contributed by atoms with E-state index in [0.29, 0.717) is 27.9 Å². The first-order valence-electron chi connectivity index (χ1n) is 9.93. The van der Waals surface area contributed by atoms with Crippen LogP contribution in [0.25, 0.3) is 10.2 Å². The number of fused-ring (bicyclic) bond motifs is 1. The molecule has 3 aromatic rings. The number of unbranched alkanes of at least 4 members (excludes halogenated alkanes) is 1. The SMILES string of the molecule is C=CCn1c(=NC(=O)c2ccc(S(=O)(=O)N(C)CCCC)cc2)sc2cc(Cl)cc(Cl)c21. The van der Waals surface area contributed by atoms with E-state index in [2.05, 4.69) is 11.6 Å². The summed E-state index contributed by atoms with van der Waals surface area (Å²) in [4.78, 5) is 17.7. The number of hydrogen-bond donors (Lipinski definition) is 0. The van der Waals surface area contributed by atoms with Gasteiger partial charge in [-0.25, -0.2) is 12.7 Å². The van der Waals surface area contributed by atoms with Crippen LogP contribution in [0, 0.1) is 0 Å². The van der Waals surface area contributed by atoms with Crippen molar-refractivity contribution in [1.82, 2.24) is 8.87 Å². The van der Waals surface area contributed by atoms with Gasteiger partial charge >= 0.3 is 0 Å². The smallest absolute Gasteiger partial charge is 0.279 e. The number of allylic oxidation sites excluding steroid dienone is 1. The lowest BCUT2D eigenvalue weighted by atomic mass is 10.2. The van der Waals surface area contributed by atoms with E-state index in [-0.39, 0.29) is 10.5 Å². The van der Waals surface area contributed by atoms with Crippen molar-refractivity contribution < 1.29 is 13.2 Å². The van der Waals surface area contributed by atoms with Gasteiger partial charge < -0.3 is 4.57 Å². The van der Waals surface area contributed by atoms with Crippen molar-refractivity contribution in [2.45, 2.75) is 31.2 Å². The largest absolute Gasteiger partial charge is 0.311 e. The summed E-state index contributed by atoms with van der Waals surface area (Å²) in [7, 11) is -2.05. The van der Waals surface area contributed by atoms with E-state index in [1.807, 2.05) is 6.92 Å². The maximum Gasteiger partial charge on any atom is 0.279 e. The van der Waals surface area contributed by atoms with Gasteiger partial charge in [0.25, 0.3) is 5.91 Å². The van der Waals surface area contributed by atoms with Gasteiger partial charge in [0.2, 0.25) is 10.0 Å². The molecule has 0 aliphatic rings. The molecule has 0 aliphatic heterocycles. The fourth-order valence-electron chi connectivity index (χ4n) is 3.11. The fraction of sp³-hybridized carbons (Fsp3) is 0.273. The number of amides is 1. The van der Waals surface area contributed by atoms with Crippen molar-refractivity contribution in [3.63, 3.8) is 0 Å². The van der Waals surface area contributed by atoms with Crippen molar-refractivity contribution >= 4 is 60.7 Å². The Bertz CT molecular complexity index is 1330. The second-order valence-corrected chi connectivity index (χ2v) is 11.0. The molecular formula is C22H23Cl2N3O3S2. The van der Waals surface area contributed by atoms with E-state index in [1.165, 1.54) is 39.9 Å². The van der Waals surface area contributed by atoms with Crippen molar-refractivity contribution in [2.75, 3.05) is 13.6 Å². The number of aromatic nitrogens is 1. The molecule has 0 unspecified atom stereocenters. The summed E-state index contributed by atoms with van der Waals surface area (Å²) < 4.78 is 29.3. The van der Waals surface area contributed by atoms with Crippen LogP contribution in [0.3, 0.4) is 0 Å². The Morgan fingerprint density at radius 1 is 1.25 bits per heavy atom. The van der Waals surface area contributed by atoms with Gasteiger partial charge in [-0.2, -0.15) is 4.99 Å². The van der Waals surface area contributed by atoms with Gasteiger partial charge in [-0.05, 0) is 42.8 Å². The fourth-order valence-corrected chi connectivity index (χ4v) is 6.14. The van der Waals surface area contributed by atoms with Gasteiger partial charge in [0.1, 0.15) is 0 Å². The predicted octanol–water partition coefficient (Wildman–Crippen LogP) is 5.36. The van der Waals surface area contributed by atoms with Crippen LogP contribution < -0.4 is 4.80 Å². The second kappa shape index (κ2) is 10.3. The quantitative estimate of drug-likeness (QED) is 0.382. The first kappa shape index (κ1) is 24.7. The molecule has 0 spiro atoms. The highest BCUT2D eigenvalue weighted by Crippen LogP contribution is 2.29. The Labute approximate surface area is 201 Å². The van der Waals surface area contributed by atoms with E-state index >= 15 is 0 Å². The molecule has 0 bridgehead atoms. The number of halogens is 2. The number of hydrogen-bond acceptors (Lipinski definition) is 4. The molecule has 0 fully saturated rings. The maximum absolute atomic E-state index is 12.8. The number of carbonyl (C=O) groups is 1. The Hall–Kier alpha value is -1.97. The molecule has 0 radical (unpaired) electrons. The lowest BCUT2D eigenvalue weighted by Gasteiger charge is -2.16. The summed E-state index contributed by atoms with van der Waals surface area (Å²) in [5.41, 5.74) is 1.01. The Morgan fingerprint density at radius 3 is 2.56 bits per heavy atom. The summed E-state index contributed by atoms with van der Waals surface area (Å²) >= 11 is 13.8. The normalized spacial score (nSPS) is 12.6. The molecule has 0 saturated carbocycles. The number of sulfonamides is 1. The molecule has 0 N–H and O–H groups in total. The molecular weight excluding hydrogens is 489 g/mol. The molecule has 2 aromatic carbocycles. The zero-order chi connectivity index (χ0) is 23.5. The molecule has 10 heteroatoms. The molecule has 1 heterocycles. The predicted molar refractivity (Wildman–Crippen MR) is 131 cm³/mol. The maximum atomic E-state index is 12.8. The van der Waals surface area contributed by atoms with Gasteiger partial charge in [0, 0.05) is 30.7 Å². The molecule has 1 amide bonds. The zero-order valence-electron chi connectivity index (χ0n) is 17.7. The topological polar surface area (TPSA) is 71.7 Å². The average molecular weight is 512 g/mol. The van der Waals surface area contributed by atoms with Crippen LogP contribution in [0.1, 0.15) is 30.1 Å². The van der Waals surface area contributed by atoms with Crippen LogP contribution in [0.5, 0.6) is 0 Å². The van der Waals surface area contributed by atoms with Crippen LogP contribution >= 0.6 is 34.5 Å². The summed E-state index contributed by atoms with van der Waals surface area (Å²) in [5, 5.41) is 0.953. The number of rotatable bonds is 8.